The van der Waals surface area contributed by atoms with E-state index in [2.05, 4.69) is 22.0 Å². The number of hydrogen-bond acceptors (Lipinski definition) is 3. The van der Waals surface area contributed by atoms with Crippen molar-refractivity contribution in [3.63, 3.8) is 0 Å². The summed E-state index contributed by atoms with van der Waals surface area (Å²) in [6.07, 6.45) is 2.87. The molecule has 0 bridgehead atoms. The molecule has 0 radical (unpaired) electrons. The Hall–Kier alpha value is -0.550. The number of para-hydroxylation sites is 1. The van der Waals surface area contributed by atoms with Gasteiger partial charge in [0, 0.05) is 11.8 Å². The molecule has 110 valence electrons. The molecule has 3 rings (SSSR count). The van der Waals surface area contributed by atoms with E-state index in [0.717, 1.165) is 30.3 Å². The maximum atomic E-state index is 11.6. The Kier molecular flexibility index (Phi) is 4.09. The van der Waals surface area contributed by atoms with Crippen molar-refractivity contribution in [3.05, 3.63) is 29.8 Å². The second-order valence-electron chi connectivity index (χ2n) is 5.86. The van der Waals surface area contributed by atoms with Crippen molar-refractivity contribution in [2.75, 3.05) is 16.8 Å². The summed E-state index contributed by atoms with van der Waals surface area (Å²) in [6, 6.07) is 8.15. The van der Waals surface area contributed by atoms with Crippen LogP contribution in [0.15, 0.2) is 24.3 Å². The quantitative estimate of drug-likeness (QED) is 0.777. The van der Waals surface area contributed by atoms with E-state index >= 15 is 0 Å². The fourth-order valence-corrected chi connectivity index (χ4v) is 6.01. The molecule has 0 amide bonds. The van der Waals surface area contributed by atoms with Crippen LogP contribution in [0.5, 0.6) is 5.75 Å². The molecular formula is C15H19BrO3S. The van der Waals surface area contributed by atoms with Crippen LogP contribution in [0.2, 0.25) is 0 Å². The lowest BCUT2D eigenvalue weighted by Gasteiger charge is -2.23. The maximum absolute atomic E-state index is 11.6. The SMILES string of the molecule is O=S1(=O)CCC(C(CBr)CC2Cc3ccccc3O2)C1. The third-order valence-electron chi connectivity index (χ3n) is 4.41. The fraction of sp³-hybridized carbons (Fsp3) is 0.600. The molecule has 1 aromatic carbocycles. The van der Waals surface area contributed by atoms with E-state index in [-0.39, 0.29) is 12.0 Å². The van der Waals surface area contributed by atoms with Gasteiger partial charge in [0.15, 0.2) is 9.84 Å². The Labute approximate surface area is 128 Å². The van der Waals surface area contributed by atoms with Crippen LogP contribution in [0, 0.1) is 11.8 Å². The Balaban J connectivity index is 1.63. The number of fused-ring (bicyclic) bond motifs is 1. The van der Waals surface area contributed by atoms with Crippen molar-refractivity contribution in [2.45, 2.75) is 25.4 Å². The molecule has 0 saturated carbocycles. The largest absolute Gasteiger partial charge is 0.490 e. The fourth-order valence-electron chi connectivity index (χ4n) is 3.30. The van der Waals surface area contributed by atoms with Crippen molar-refractivity contribution in [1.82, 2.24) is 0 Å². The number of hydrogen-bond donors (Lipinski definition) is 0. The summed E-state index contributed by atoms with van der Waals surface area (Å²) in [4.78, 5) is 0. The summed E-state index contributed by atoms with van der Waals surface area (Å²) < 4.78 is 29.2. The summed E-state index contributed by atoms with van der Waals surface area (Å²) in [5.74, 6) is 2.36. The number of alkyl halides is 1. The molecule has 0 aliphatic carbocycles. The molecule has 2 heterocycles. The molecule has 1 fully saturated rings. The highest BCUT2D eigenvalue weighted by Crippen LogP contribution is 2.35. The van der Waals surface area contributed by atoms with E-state index in [1.807, 2.05) is 18.2 Å². The molecule has 3 unspecified atom stereocenters. The van der Waals surface area contributed by atoms with Crippen LogP contribution in [0.3, 0.4) is 0 Å². The number of sulfone groups is 1. The van der Waals surface area contributed by atoms with Crippen LogP contribution in [0.25, 0.3) is 0 Å². The standard InChI is InChI=1S/C15H19BrO3S/c16-9-13(12-5-6-20(17,18)10-12)8-14-7-11-3-1-2-4-15(11)19-14/h1-4,12-14H,5-10H2. The predicted octanol–water partition coefficient (Wildman–Crippen LogP) is 2.83. The van der Waals surface area contributed by atoms with Gasteiger partial charge in [0.1, 0.15) is 11.9 Å². The zero-order valence-corrected chi connectivity index (χ0v) is 13.7. The second-order valence-corrected chi connectivity index (χ2v) is 8.74. The first-order valence-electron chi connectivity index (χ1n) is 7.08. The van der Waals surface area contributed by atoms with E-state index < -0.39 is 9.84 Å². The van der Waals surface area contributed by atoms with Crippen molar-refractivity contribution in [3.8, 4) is 5.75 Å². The summed E-state index contributed by atoms with van der Waals surface area (Å²) in [7, 11) is -2.80. The Bertz CT molecular complexity index is 560. The van der Waals surface area contributed by atoms with Gasteiger partial charge in [-0.25, -0.2) is 8.42 Å². The van der Waals surface area contributed by atoms with E-state index in [9.17, 15) is 8.42 Å². The molecule has 0 N–H and O–H groups in total. The summed E-state index contributed by atoms with van der Waals surface area (Å²) in [5, 5.41) is 0.851. The topological polar surface area (TPSA) is 43.4 Å². The van der Waals surface area contributed by atoms with Gasteiger partial charge in [0.25, 0.3) is 0 Å². The minimum atomic E-state index is -2.80. The number of halogens is 1. The van der Waals surface area contributed by atoms with Gasteiger partial charge in [-0.05, 0) is 36.3 Å². The minimum absolute atomic E-state index is 0.193. The van der Waals surface area contributed by atoms with Crippen molar-refractivity contribution < 1.29 is 13.2 Å². The van der Waals surface area contributed by atoms with E-state index in [0.29, 0.717) is 17.4 Å². The molecular weight excluding hydrogens is 340 g/mol. The van der Waals surface area contributed by atoms with Crippen molar-refractivity contribution in [1.29, 1.82) is 0 Å². The Morgan fingerprint density at radius 2 is 2.15 bits per heavy atom. The van der Waals surface area contributed by atoms with Crippen LogP contribution in [-0.4, -0.2) is 31.4 Å². The zero-order chi connectivity index (χ0) is 14.2. The Morgan fingerprint density at radius 1 is 1.35 bits per heavy atom. The van der Waals surface area contributed by atoms with Crippen LogP contribution in [-0.2, 0) is 16.3 Å². The second kappa shape index (κ2) is 5.68. The lowest BCUT2D eigenvalue weighted by atomic mass is 9.88. The lowest BCUT2D eigenvalue weighted by Crippen LogP contribution is -2.25. The monoisotopic (exact) mass is 358 g/mol. The normalized spacial score (nSPS) is 28.9. The number of benzene rings is 1. The predicted molar refractivity (Wildman–Crippen MR) is 83.2 cm³/mol. The average molecular weight is 359 g/mol. The molecule has 3 nitrogen and oxygen atoms in total. The summed E-state index contributed by atoms with van der Waals surface area (Å²) >= 11 is 3.56. The minimum Gasteiger partial charge on any atom is -0.490 e. The third kappa shape index (κ3) is 3.03. The van der Waals surface area contributed by atoms with Crippen LogP contribution in [0.4, 0.5) is 0 Å². The zero-order valence-electron chi connectivity index (χ0n) is 11.3. The molecule has 5 heteroatoms. The Morgan fingerprint density at radius 3 is 2.80 bits per heavy atom. The summed E-state index contributed by atoms with van der Waals surface area (Å²) in [5.41, 5.74) is 1.27. The van der Waals surface area contributed by atoms with Gasteiger partial charge in [-0.15, -0.1) is 0 Å². The molecule has 2 aliphatic heterocycles. The highest BCUT2D eigenvalue weighted by atomic mass is 79.9. The van der Waals surface area contributed by atoms with Gasteiger partial charge < -0.3 is 4.74 Å². The highest BCUT2D eigenvalue weighted by Gasteiger charge is 2.35. The average Bonchev–Trinajstić information content (AvgIpc) is 2.98. The third-order valence-corrected chi connectivity index (χ3v) is 7.04. The molecule has 1 saturated heterocycles. The van der Waals surface area contributed by atoms with Crippen LogP contribution in [0.1, 0.15) is 18.4 Å². The first kappa shape index (κ1) is 14.4. The molecule has 20 heavy (non-hydrogen) atoms. The number of ether oxygens (including phenoxy) is 1. The van der Waals surface area contributed by atoms with Crippen LogP contribution >= 0.6 is 15.9 Å². The smallest absolute Gasteiger partial charge is 0.150 e. The molecule has 0 spiro atoms. The van der Waals surface area contributed by atoms with Gasteiger partial charge in [-0.2, -0.15) is 0 Å². The first-order valence-corrected chi connectivity index (χ1v) is 10.0. The van der Waals surface area contributed by atoms with Crippen molar-refractivity contribution >= 4 is 25.8 Å². The van der Waals surface area contributed by atoms with Gasteiger partial charge in [-0.1, -0.05) is 34.1 Å². The number of rotatable bonds is 4. The van der Waals surface area contributed by atoms with Crippen molar-refractivity contribution in [2.24, 2.45) is 11.8 Å². The maximum Gasteiger partial charge on any atom is 0.150 e. The highest BCUT2D eigenvalue weighted by molar-refractivity contribution is 9.09. The van der Waals surface area contributed by atoms with E-state index in [1.165, 1.54) is 5.56 Å². The van der Waals surface area contributed by atoms with E-state index in [4.69, 9.17) is 4.74 Å². The van der Waals surface area contributed by atoms with Gasteiger partial charge in [-0.3, -0.25) is 0 Å². The van der Waals surface area contributed by atoms with Gasteiger partial charge in [0.2, 0.25) is 0 Å². The molecule has 2 aliphatic rings. The first-order chi connectivity index (χ1) is 9.57. The molecule has 3 atom stereocenters. The van der Waals surface area contributed by atoms with Gasteiger partial charge in [0.05, 0.1) is 11.5 Å². The van der Waals surface area contributed by atoms with Crippen LogP contribution < -0.4 is 4.74 Å². The van der Waals surface area contributed by atoms with Gasteiger partial charge >= 0.3 is 0 Å². The molecule has 1 aromatic rings. The lowest BCUT2D eigenvalue weighted by molar-refractivity contribution is 0.181. The molecule has 0 aromatic heterocycles. The summed E-state index contributed by atoms with van der Waals surface area (Å²) in [6.45, 7) is 0. The van der Waals surface area contributed by atoms with E-state index in [1.54, 1.807) is 0 Å².